The normalized spacial score (nSPS) is 16.0. The number of ether oxygens (including phenoxy) is 1. The molecule has 28 heavy (non-hydrogen) atoms. The van der Waals surface area contributed by atoms with Crippen molar-refractivity contribution in [3.05, 3.63) is 83.4 Å². The zero-order chi connectivity index (χ0) is 19.4. The topological polar surface area (TPSA) is 57.0 Å². The lowest BCUT2D eigenvalue weighted by Gasteiger charge is -2.37. The molecule has 0 N–H and O–H groups in total. The van der Waals surface area contributed by atoms with Crippen LogP contribution in [0.15, 0.2) is 60.8 Å². The molecule has 1 saturated heterocycles. The number of rotatable bonds is 6. The number of aromatic nitrogens is 3. The van der Waals surface area contributed by atoms with Crippen LogP contribution in [0.1, 0.15) is 40.9 Å². The molecular weight excluding hydrogens is 357 g/mol. The maximum atomic E-state index is 13.4. The number of carbonyl (C=O) groups excluding carboxylic acids is 1. The van der Waals surface area contributed by atoms with Gasteiger partial charge >= 0.3 is 0 Å². The Hall–Kier alpha value is -2.86. The third-order valence-corrected chi connectivity index (χ3v) is 5.40. The Morgan fingerprint density at radius 2 is 1.79 bits per heavy atom. The molecule has 0 aliphatic carbocycles. The fraction of sp³-hybridized carbons (Fsp3) is 0.318. The van der Waals surface area contributed by atoms with Crippen molar-refractivity contribution in [2.75, 3.05) is 13.2 Å². The van der Waals surface area contributed by atoms with Crippen LogP contribution in [0, 0.1) is 5.82 Å². The Balaban J connectivity index is 1.56. The third kappa shape index (κ3) is 3.73. The molecule has 144 valence electrons. The zero-order valence-corrected chi connectivity index (χ0v) is 15.6. The first kappa shape index (κ1) is 18.5. The van der Waals surface area contributed by atoms with Crippen LogP contribution in [0.25, 0.3) is 0 Å². The van der Waals surface area contributed by atoms with Gasteiger partial charge in [0.15, 0.2) is 5.78 Å². The highest BCUT2D eigenvalue weighted by Gasteiger charge is 2.38. The van der Waals surface area contributed by atoms with E-state index in [9.17, 15) is 9.18 Å². The van der Waals surface area contributed by atoms with Gasteiger partial charge in [0.2, 0.25) is 0 Å². The molecule has 1 aliphatic heterocycles. The number of ketones is 1. The van der Waals surface area contributed by atoms with E-state index in [0.717, 1.165) is 11.1 Å². The summed E-state index contributed by atoms with van der Waals surface area (Å²) in [6, 6.07) is 16.4. The van der Waals surface area contributed by atoms with Gasteiger partial charge in [0.25, 0.3) is 0 Å². The average Bonchev–Trinajstić information content (AvgIpc) is 3.25. The van der Waals surface area contributed by atoms with E-state index in [4.69, 9.17) is 4.74 Å². The Morgan fingerprint density at radius 3 is 2.50 bits per heavy atom. The molecule has 0 spiro atoms. The van der Waals surface area contributed by atoms with Crippen LogP contribution in [0.2, 0.25) is 0 Å². The van der Waals surface area contributed by atoms with Gasteiger partial charge in [-0.2, -0.15) is 0 Å². The molecule has 5 nitrogen and oxygen atoms in total. The lowest BCUT2D eigenvalue weighted by Crippen LogP contribution is -2.41. The number of aryl methyl sites for hydroxylation is 1. The Labute approximate surface area is 163 Å². The molecule has 4 rings (SSSR count). The summed E-state index contributed by atoms with van der Waals surface area (Å²) in [5.74, 6) is -0.308. The second kappa shape index (κ2) is 8.02. The fourth-order valence-corrected chi connectivity index (χ4v) is 3.75. The van der Waals surface area contributed by atoms with Gasteiger partial charge in [-0.15, -0.1) is 5.10 Å². The van der Waals surface area contributed by atoms with Crippen molar-refractivity contribution in [1.82, 2.24) is 15.0 Å². The van der Waals surface area contributed by atoms with E-state index in [0.29, 0.717) is 44.6 Å². The first-order valence-electron chi connectivity index (χ1n) is 9.51. The predicted molar refractivity (Wildman–Crippen MR) is 103 cm³/mol. The molecule has 3 aromatic rings. The van der Waals surface area contributed by atoms with Crippen LogP contribution in [0.4, 0.5) is 4.39 Å². The van der Waals surface area contributed by atoms with E-state index < -0.39 is 5.54 Å². The molecule has 1 fully saturated rings. The zero-order valence-electron chi connectivity index (χ0n) is 15.6. The van der Waals surface area contributed by atoms with Crippen molar-refractivity contribution in [2.24, 2.45) is 0 Å². The summed E-state index contributed by atoms with van der Waals surface area (Å²) in [4.78, 5) is 12.6. The SMILES string of the molecule is O=C(CCc1ccccc1)c1cn(C2(c3ccc(F)cc3)CCOCC2)nn1. The number of halogens is 1. The van der Waals surface area contributed by atoms with E-state index in [1.165, 1.54) is 12.1 Å². The van der Waals surface area contributed by atoms with Gasteiger partial charge in [-0.25, -0.2) is 9.07 Å². The van der Waals surface area contributed by atoms with E-state index >= 15 is 0 Å². The number of benzene rings is 2. The van der Waals surface area contributed by atoms with Gasteiger partial charge in [-0.3, -0.25) is 4.79 Å². The molecule has 0 saturated carbocycles. The molecule has 0 amide bonds. The van der Waals surface area contributed by atoms with Crippen LogP contribution in [0.3, 0.4) is 0 Å². The molecule has 0 unspecified atom stereocenters. The minimum Gasteiger partial charge on any atom is -0.381 e. The molecule has 0 atom stereocenters. The highest BCUT2D eigenvalue weighted by atomic mass is 19.1. The van der Waals surface area contributed by atoms with Gasteiger partial charge in [0.05, 0.1) is 11.7 Å². The molecule has 1 aliphatic rings. The van der Waals surface area contributed by atoms with Crippen LogP contribution in [-0.4, -0.2) is 34.0 Å². The highest BCUT2D eigenvalue weighted by molar-refractivity contribution is 5.94. The molecule has 2 aromatic carbocycles. The maximum absolute atomic E-state index is 13.4. The minimum atomic E-state index is -0.475. The van der Waals surface area contributed by atoms with Crippen molar-refractivity contribution in [3.63, 3.8) is 0 Å². The van der Waals surface area contributed by atoms with Crippen molar-refractivity contribution in [2.45, 2.75) is 31.2 Å². The largest absolute Gasteiger partial charge is 0.381 e. The van der Waals surface area contributed by atoms with Crippen LogP contribution >= 0.6 is 0 Å². The summed E-state index contributed by atoms with van der Waals surface area (Å²) >= 11 is 0. The predicted octanol–water partition coefficient (Wildman–Crippen LogP) is 3.79. The summed E-state index contributed by atoms with van der Waals surface area (Å²) in [5.41, 5.74) is 1.96. The molecule has 0 bridgehead atoms. The van der Waals surface area contributed by atoms with Gasteiger partial charge in [0.1, 0.15) is 11.5 Å². The summed E-state index contributed by atoms with van der Waals surface area (Å²) in [5, 5.41) is 8.42. The Bertz CT molecular complexity index is 932. The van der Waals surface area contributed by atoms with Crippen LogP contribution < -0.4 is 0 Å². The molecular formula is C22H22FN3O2. The van der Waals surface area contributed by atoms with E-state index in [2.05, 4.69) is 10.3 Å². The maximum Gasteiger partial charge on any atom is 0.185 e. The highest BCUT2D eigenvalue weighted by Crippen LogP contribution is 2.36. The van der Waals surface area contributed by atoms with Crippen molar-refractivity contribution in [3.8, 4) is 0 Å². The van der Waals surface area contributed by atoms with Gasteiger partial charge in [-0.05, 0) is 29.7 Å². The van der Waals surface area contributed by atoms with E-state index in [1.54, 1.807) is 23.0 Å². The molecule has 1 aromatic heterocycles. The fourth-order valence-electron chi connectivity index (χ4n) is 3.75. The monoisotopic (exact) mass is 379 g/mol. The second-order valence-corrected chi connectivity index (χ2v) is 7.11. The summed E-state index contributed by atoms with van der Waals surface area (Å²) < 4.78 is 20.7. The number of carbonyl (C=O) groups is 1. The van der Waals surface area contributed by atoms with Crippen molar-refractivity contribution < 1.29 is 13.9 Å². The van der Waals surface area contributed by atoms with E-state index in [1.807, 2.05) is 30.3 Å². The Morgan fingerprint density at radius 1 is 1.07 bits per heavy atom. The number of hydrogen-bond donors (Lipinski definition) is 0. The second-order valence-electron chi connectivity index (χ2n) is 7.11. The lowest BCUT2D eigenvalue weighted by atomic mass is 9.83. The lowest BCUT2D eigenvalue weighted by molar-refractivity contribution is 0.0330. The van der Waals surface area contributed by atoms with Gasteiger partial charge < -0.3 is 4.74 Å². The first-order valence-corrected chi connectivity index (χ1v) is 9.51. The summed E-state index contributed by atoms with van der Waals surface area (Å²) in [6.45, 7) is 1.16. The smallest absolute Gasteiger partial charge is 0.185 e. The van der Waals surface area contributed by atoms with Gasteiger partial charge in [-0.1, -0.05) is 47.7 Å². The average molecular weight is 379 g/mol. The molecule has 0 radical (unpaired) electrons. The van der Waals surface area contributed by atoms with Crippen LogP contribution in [0.5, 0.6) is 0 Å². The molecule has 2 heterocycles. The number of hydrogen-bond acceptors (Lipinski definition) is 4. The number of Topliss-reactive ketones (excluding diaryl/α,β-unsaturated/α-hetero) is 1. The van der Waals surface area contributed by atoms with Gasteiger partial charge in [0, 0.05) is 32.5 Å². The van der Waals surface area contributed by atoms with E-state index in [-0.39, 0.29) is 11.6 Å². The van der Waals surface area contributed by atoms with Crippen LogP contribution in [-0.2, 0) is 16.7 Å². The quantitative estimate of drug-likeness (QED) is 0.612. The van der Waals surface area contributed by atoms with Crippen molar-refractivity contribution >= 4 is 5.78 Å². The minimum absolute atomic E-state index is 0.0311. The van der Waals surface area contributed by atoms with Crippen molar-refractivity contribution in [1.29, 1.82) is 0 Å². The summed E-state index contributed by atoms with van der Waals surface area (Å²) in [7, 11) is 0. The summed E-state index contributed by atoms with van der Waals surface area (Å²) in [6.07, 6.45) is 4.17. The third-order valence-electron chi connectivity index (χ3n) is 5.40. The Kier molecular flexibility index (Phi) is 5.30. The number of nitrogens with zero attached hydrogens (tertiary/aromatic N) is 3. The molecule has 6 heteroatoms. The first-order chi connectivity index (χ1) is 13.7. The standard InChI is InChI=1S/C22H22FN3O2/c23-19-9-7-18(8-10-19)22(12-14-28-15-13-22)26-16-20(24-25-26)21(27)11-6-17-4-2-1-3-5-17/h1-5,7-10,16H,6,11-15H2.